The van der Waals surface area contributed by atoms with Crippen LogP contribution in [0.15, 0.2) is 28.0 Å². The highest BCUT2D eigenvalue weighted by molar-refractivity contribution is 6.32. The average molecular weight is 341 g/mol. The van der Waals surface area contributed by atoms with Crippen LogP contribution in [0, 0.1) is 0 Å². The van der Waals surface area contributed by atoms with Gasteiger partial charge in [0.25, 0.3) is 5.91 Å². The molecule has 0 aliphatic rings. The summed E-state index contributed by atoms with van der Waals surface area (Å²) in [5.41, 5.74) is 11.5. The van der Waals surface area contributed by atoms with Gasteiger partial charge in [0, 0.05) is 5.69 Å². The van der Waals surface area contributed by atoms with E-state index in [1.54, 1.807) is 12.1 Å². The molecule has 5 N–H and O–H groups in total. The number of aromatic nitrogens is 2. The van der Waals surface area contributed by atoms with Gasteiger partial charge in [-0.15, -0.1) is 0 Å². The summed E-state index contributed by atoms with van der Waals surface area (Å²) in [6.45, 7) is -0.379. The number of methoxy groups -OCH3 is 1. The number of rotatable bonds is 6. The van der Waals surface area contributed by atoms with E-state index in [0.29, 0.717) is 16.5 Å². The summed E-state index contributed by atoms with van der Waals surface area (Å²) in [6.07, 6.45) is 0. The third-order valence-corrected chi connectivity index (χ3v) is 2.85. The molecular weight excluding hydrogens is 328 g/mol. The SMILES string of the molecule is COc1ccc(NC(=O)CO/N=C(\N)c2nonc2N)cc1Cl. The first kappa shape index (κ1) is 16.4. The molecule has 1 heterocycles. The summed E-state index contributed by atoms with van der Waals surface area (Å²) >= 11 is 5.95. The molecule has 23 heavy (non-hydrogen) atoms. The lowest BCUT2D eigenvalue weighted by atomic mass is 10.3. The van der Waals surface area contributed by atoms with Crippen LogP contribution in [0.5, 0.6) is 5.75 Å². The van der Waals surface area contributed by atoms with Crippen molar-refractivity contribution in [1.29, 1.82) is 0 Å². The first-order valence-corrected chi connectivity index (χ1v) is 6.56. The normalized spacial score (nSPS) is 11.1. The van der Waals surface area contributed by atoms with Gasteiger partial charge < -0.3 is 26.4 Å². The molecule has 0 radical (unpaired) electrons. The summed E-state index contributed by atoms with van der Waals surface area (Å²) in [6, 6.07) is 4.79. The maximum atomic E-state index is 11.7. The Labute approximate surface area is 135 Å². The number of benzene rings is 1. The van der Waals surface area contributed by atoms with E-state index in [4.69, 9.17) is 32.6 Å². The molecule has 2 rings (SSSR count). The Morgan fingerprint density at radius 1 is 1.48 bits per heavy atom. The van der Waals surface area contributed by atoms with Gasteiger partial charge in [-0.1, -0.05) is 16.8 Å². The van der Waals surface area contributed by atoms with E-state index in [-0.39, 0.29) is 24.0 Å². The van der Waals surface area contributed by atoms with E-state index in [2.05, 4.69) is 25.4 Å². The first-order chi connectivity index (χ1) is 11.0. The predicted molar refractivity (Wildman–Crippen MR) is 82.0 cm³/mol. The number of nitrogens with one attached hydrogen (secondary N) is 1. The van der Waals surface area contributed by atoms with Crippen LogP contribution in [-0.2, 0) is 9.63 Å². The van der Waals surface area contributed by atoms with Crippen molar-refractivity contribution in [3.63, 3.8) is 0 Å². The number of oxime groups is 1. The number of halogens is 1. The second-order valence-electron chi connectivity index (χ2n) is 4.15. The van der Waals surface area contributed by atoms with Crippen molar-refractivity contribution in [1.82, 2.24) is 10.3 Å². The molecular formula is C12H13ClN6O4. The molecule has 1 aromatic carbocycles. The molecule has 0 aliphatic heterocycles. The van der Waals surface area contributed by atoms with Gasteiger partial charge in [0.15, 0.2) is 24.0 Å². The fourth-order valence-electron chi connectivity index (χ4n) is 1.52. The van der Waals surface area contributed by atoms with Crippen molar-refractivity contribution in [2.24, 2.45) is 10.9 Å². The standard InChI is InChI=1S/C12H13ClN6O4/c1-21-8-3-2-6(4-7(8)13)16-9(20)5-22-18-11(14)10-12(15)19-23-17-10/h2-4H,5H2,1H3,(H2,14,18)(H2,15,19)(H,16,20). The number of nitrogens with two attached hydrogens (primary N) is 2. The van der Waals surface area contributed by atoms with Gasteiger partial charge >= 0.3 is 0 Å². The summed E-state index contributed by atoms with van der Waals surface area (Å²) in [5.74, 6) is -0.164. The van der Waals surface area contributed by atoms with Gasteiger partial charge in [0.1, 0.15) is 5.75 Å². The number of carbonyl (C=O) groups is 1. The van der Waals surface area contributed by atoms with Crippen LogP contribution >= 0.6 is 11.6 Å². The van der Waals surface area contributed by atoms with Crippen LogP contribution in [0.25, 0.3) is 0 Å². The molecule has 0 unspecified atom stereocenters. The van der Waals surface area contributed by atoms with Gasteiger partial charge in [-0.05, 0) is 28.5 Å². The van der Waals surface area contributed by atoms with Crippen LogP contribution in [0.4, 0.5) is 11.5 Å². The zero-order valence-electron chi connectivity index (χ0n) is 11.9. The number of anilines is 2. The summed E-state index contributed by atoms with van der Waals surface area (Å²) in [5, 5.41) is 13.2. The average Bonchev–Trinajstić information content (AvgIpc) is 2.93. The lowest BCUT2D eigenvalue weighted by molar-refractivity contribution is -0.120. The van der Waals surface area contributed by atoms with E-state index < -0.39 is 5.91 Å². The van der Waals surface area contributed by atoms with Gasteiger partial charge in [0.05, 0.1) is 12.1 Å². The van der Waals surface area contributed by atoms with Crippen molar-refractivity contribution >= 4 is 34.8 Å². The zero-order chi connectivity index (χ0) is 16.8. The Bertz CT molecular complexity index is 732. The number of amidine groups is 1. The Morgan fingerprint density at radius 3 is 2.87 bits per heavy atom. The predicted octanol–water partition coefficient (Wildman–Crippen LogP) is 0.589. The summed E-state index contributed by atoms with van der Waals surface area (Å²) in [7, 11) is 1.49. The second kappa shape index (κ2) is 7.31. The van der Waals surface area contributed by atoms with E-state index in [9.17, 15) is 4.79 Å². The third kappa shape index (κ3) is 4.23. The van der Waals surface area contributed by atoms with E-state index >= 15 is 0 Å². The molecule has 0 bridgehead atoms. The maximum Gasteiger partial charge on any atom is 0.265 e. The van der Waals surface area contributed by atoms with Crippen LogP contribution in [0.3, 0.4) is 0 Å². The molecule has 1 aromatic heterocycles. The number of ether oxygens (including phenoxy) is 1. The molecule has 11 heteroatoms. The van der Waals surface area contributed by atoms with Crippen LogP contribution < -0.4 is 21.5 Å². The van der Waals surface area contributed by atoms with Gasteiger partial charge in [-0.3, -0.25) is 4.79 Å². The molecule has 0 atom stereocenters. The van der Waals surface area contributed by atoms with Crippen molar-refractivity contribution < 1.29 is 19.0 Å². The first-order valence-electron chi connectivity index (χ1n) is 6.18. The highest BCUT2D eigenvalue weighted by Crippen LogP contribution is 2.27. The lowest BCUT2D eigenvalue weighted by Gasteiger charge is -2.07. The molecule has 2 aromatic rings. The molecule has 0 saturated heterocycles. The van der Waals surface area contributed by atoms with E-state index in [0.717, 1.165) is 0 Å². The number of nitrogens with zero attached hydrogens (tertiary/aromatic N) is 3. The quantitative estimate of drug-likeness (QED) is 0.392. The molecule has 10 nitrogen and oxygen atoms in total. The zero-order valence-corrected chi connectivity index (χ0v) is 12.7. The number of carbonyl (C=O) groups excluding carboxylic acids is 1. The molecule has 0 fully saturated rings. The second-order valence-corrected chi connectivity index (χ2v) is 4.55. The highest BCUT2D eigenvalue weighted by atomic mass is 35.5. The monoisotopic (exact) mass is 340 g/mol. The fraction of sp³-hybridized carbons (Fsp3) is 0.167. The number of amides is 1. The van der Waals surface area contributed by atoms with E-state index in [1.807, 2.05) is 0 Å². The van der Waals surface area contributed by atoms with Crippen LogP contribution in [0.2, 0.25) is 5.02 Å². The Kier molecular flexibility index (Phi) is 5.20. The lowest BCUT2D eigenvalue weighted by Crippen LogP contribution is -2.20. The number of hydrogen-bond donors (Lipinski definition) is 3. The Hall–Kier alpha value is -3.01. The number of hydrogen-bond acceptors (Lipinski definition) is 8. The largest absolute Gasteiger partial charge is 0.495 e. The van der Waals surface area contributed by atoms with Gasteiger partial charge in [0.2, 0.25) is 0 Å². The van der Waals surface area contributed by atoms with Crippen LogP contribution in [0.1, 0.15) is 5.69 Å². The molecule has 0 saturated carbocycles. The molecule has 1 amide bonds. The molecule has 0 spiro atoms. The van der Waals surface area contributed by atoms with Gasteiger partial charge in [-0.2, -0.15) is 0 Å². The van der Waals surface area contributed by atoms with Gasteiger partial charge in [-0.25, -0.2) is 4.63 Å². The molecule has 122 valence electrons. The van der Waals surface area contributed by atoms with Crippen molar-refractivity contribution in [3.8, 4) is 5.75 Å². The minimum absolute atomic E-state index is 0.0346. The minimum atomic E-state index is -0.464. The van der Waals surface area contributed by atoms with Crippen molar-refractivity contribution in [2.75, 3.05) is 24.8 Å². The van der Waals surface area contributed by atoms with Crippen molar-refractivity contribution in [3.05, 3.63) is 28.9 Å². The fourth-order valence-corrected chi connectivity index (χ4v) is 1.78. The van der Waals surface area contributed by atoms with Crippen LogP contribution in [-0.4, -0.2) is 35.8 Å². The highest BCUT2D eigenvalue weighted by Gasteiger charge is 2.12. The Morgan fingerprint density at radius 2 is 2.26 bits per heavy atom. The third-order valence-electron chi connectivity index (χ3n) is 2.55. The minimum Gasteiger partial charge on any atom is -0.495 e. The number of nitrogen functional groups attached to an aromatic ring is 1. The Balaban J connectivity index is 1.88. The van der Waals surface area contributed by atoms with Crippen molar-refractivity contribution in [2.45, 2.75) is 0 Å². The smallest absolute Gasteiger partial charge is 0.265 e. The van der Waals surface area contributed by atoms with E-state index in [1.165, 1.54) is 13.2 Å². The topological polar surface area (TPSA) is 151 Å². The maximum absolute atomic E-state index is 11.7. The summed E-state index contributed by atoms with van der Waals surface area (Å²) in [4.78, 5) is 16.5. The summed E-state index contributed by atoms with van der Waals surface area (Å²) < 4.78 is 9.37. The molecule has 0 aliphatic carbocycles.